The van der Waals surface area contributed by atoms with E-state index in [-0.39, 0.29) is 12.2 Å². The van der Waals surface area contributed by atoms with Crippen LogP contribution in [0.25, 0.3) is 0 Å². The molecule has 20 heavy (non-hydrogen) atoms. The molecule has 2 saturated carbocycles. The second kappa shape index (κ2) is 6.01. The van der Waals surface area contributed by atoms with Crippen LogP contribution in [0.3, 0.4) is 0 Å². The van der Waals surface area contributed by atoms with Crippen LogP contribution in [0.15, 0.2) is 0 Å². The molecular formula is C13H25BN2O4. The Morgan fingerprint density at radius 1 is 1.45 bits per heavy atom. The van der Waals surface area contributed by atoms with E-state index in [1.807, 2.05) is 7.05 Å². The van der Waals surface area contributed by atoms with Crippen molar-refractivity contribution >= 4 is 13.1 Å². The van der Waals surface area contributed by atoms with Gasteiger partial charge in [-0.05, 0) is 56.8 Å². The number of aliphatic carboxylic acids is 1. The van der Waals surface area contributed by atoms with E-state index in [2.05, 4.69) is 5.32 Å². The molecule has 114 valence electrons. The molecule has 6 N–H and O–H groups in total. The summed E-state index contributed by atoms with van der Waals surface area (Å²) in [6.45, 7) is 0. The number of rotatable bonds is 6. The van der Waals surface area contributed by atoms with Crippen molar-refractivity contribution < 1.29 is 19.9 Å². The standard InChI is InChI=1S/C13H25BN2O4/c1-16-9-5-8-7-13(15,12(17)18)11(10(8)6-9)3-2-4-14(19)20/h8-11,16,19-20H,2-7,15H2,1H3,(H,17,18)/t8?,9?,10-,11?,13?/m1/s1. The highest BCUT2D eigenvalue weighted by molar-refractivity contribution is 6.40. The van der Waals surface area contributed by atoms with Gasteiger partial charge in [0.2, 0.25) is 0 Å². The van der Waals surface area contributed by atoms with Crippen molar-refractivity contribution in [2.75, 3.05) is 7.05 Å². The van der Waals surface area contributed by atoms with Crippen molar-refractivity contribution in [2.45, 2.75) is 50.0 Å². The van der Waals surface area contributed by atoms with E-state index in [1.54, 1.807) is 0 Å². The van der Waals surface area contributed by atoms with Crippen LogP contribution in [0.5, 0.6) is 0 Å². The molecule has 0 radical (unpaired) electrons. The zero-order chi connectivity index (χ0) is 14.9. The van der Waals surface area contributed by atoms with Crippen LogP contribution in [0.2, 0.25) is 6.32 Å². The van der Waals surface area contributed by atoms with Gasteiger partial charge in [0.15, 0.2) is 0 Å². The first-order valence-corrected chi connectivity index (χ1v) is 7.44. The average Bonchev–Trinajstić information content (AvgIpc) is 2.86. The van der Waals surface area contributed by atoms with E-state index in [0.717, 1.165) is 12.8 Å². The van der Waals surface area contributed by atoms with Crippen LogP contribution in [0, 0.1) is 17.8 Å². The Balaban J connectivity index is 2.07. The first-order valence-electron chi connectivity index (χ1n) is 7.44. The molecule has 0 bridgehead atoms. The maximum Gasteiger partial charge on any atom is 0.451 e. The van der Waals surface area contributed by atoms with Gasteiger partial charge in [-0.1, -0.05) is 6.42 Å². The van der Waals surface area contributed by atoms with E-state index in [9.17, 15) is 9.90 Å². The van der Waals surface area contributed by atoms with Gasteiger partial charge in [-0.25, -0.2) is 0 Å². The Bertz CT molecular complexity index is 368. The molecule has 6 nitrogen and oxygen atoms in total. The molecule has 0 saturated heterocycles. The highest BCUT2D eigenvalue weighted by Crippen LogP contribution is 2.53. The van der Waals surface area contributed by atoms with E-state index >= 15 is 0 Å². The smallest absolute Gasteiger partial charge is 0.451 e. The highest BCUT2D eigenvalue weighted by Gasteiger charge is 2.57. The fourth-order valence-electron chi connectivity index (χ4n) is 4.33. The van der Waals surface area contributed by atoms with E-state index < -0.39 is 18.6 Å². The van der Waals surface area contributed by atoms with Crippen molar-refractivity contribution in [1.29, 1.82) is 0 Å². The van der Waals surface area contributed by atoms with Crippen molar-refractivity contribution in [3.8, 4) is 0 Å². The zero-order valence-electron chi connectivity index (χ0n) is 12.0. The minimum atomic E-state index is -1.32. The lowest BCUT2D eigenvalue weighted by molar-refractivity contribution is -0.145. The zero-order valence-corrected chi connectivity index (χ0v) is 12.0. The molecule has 0 aliphatic heterocycles. The molecule has 4 unspecified atom stereocenters. The molecule has 0 heterocycles. The summed E-state index contributed by atoms with van der Waals surface area (Å²) in [6.07, 6.45) is 4.03. The van der Waals surface area contributed by atoms with Gasteiger partial charge in [-0.3, -0.25) is 4.79 Å². The highest BCUT2D eigenvalue weighted by atomic mass is 16.4. The normalized spacial score (nSPS) is 39.8. The van der Waals surface area contributed by atoms with Gasteiger partial charge in [0.1, 0.15) is 5.54 Å². The molecule has 0 spiro atoms. The number of hydrogen-bond acceptors (Lipinski definition) is 5. The maximum absolute atomic E-state index is 11.6. The van der Waals surface area contributed by atoms with Gasteiger partial charge in [-0.2, -0.15) is 0 Å². The summed E-state index contributed by atoms with van der Waals surface area (Å²) < 4.78 is 0. The lowest BCUT2D eigenvalue weighted by atomic mass is 9.75. The lowest BCUT2D eigenvalue weighted by Crippen LogP contribution is -2.52. The van der Waals surface area contributed by atoms with Crippen molar-refractivity contribution in [2.24, 2.45) is 23.5 Å². The van der Waals surface area contributed by atoms with E-state index in [4.69, 9.17) is 15.8 Å². The van der Waals surface area contributed by atoms with Crippen LogP contribution in [-0.2, 0) is 4.79 Å². The van der Waals surface area contributed by atoms with Crippen LogP contribution >= 0.6 is 0 Å². The monoisotopic (exact) mass is 284 g/mol. The van der Waals surface area contributed by atoms with Gasteiger partial charge in [-0.15, -0.1) is 0 Å². The van der Waals surface area contributed by atoms with Gasteiger partial charge in [0.05, 0.1) is 0 Å². The summed E-state index contributed by atoms with van der Waals surface area (Å²) in [5.41, 5.74) is 5.05. The minimum absolute atomic E-state index is 0.0675. The minimum Gasteiger partial charge on any atom is -0.480 e. The Morgan fingerprint density at radius 2 is 2.15 bits per heavy atom. The predicted octanol–water partition coefficient (Wildman–Crippen LogP) is -0.344. The number of carboxylic acids is 1. The first kappa shape index (κ1) is 15.8. The molecule has 0 aromatic heterocycles. The fourth-order valence-corrected chi connectivity index (χ4v) is 4.33. The number of hydrogen-bond donors (Lipinski definition) is 5. The number of nitrogens with one attached hydrogen (secondary N) is 1. The van der Waals surface area contributed by atoms with Gasteiger partial charge in [0.25, 0.3) is 0 Å². The Kier molecular flexibility index (Phi) is 4.74. The molecule has 0 amide bonds. The van der Waals surface area contributed by atoms with E-state index in [0.29, 0.717) is 37.1 Å². The summed E-state index contributed by atoms with van der Waals surface area (Å²) in [5.74, 6) is -0.272. The first-order chi connectivity index (χ1) is 9.38. The molecule has 2 aliphatic rings. The maximum atomic E-state index is 11.6. The Hall–Kier alpha value is -0.625. The van der Waals surface area contributed by atoms with Crippen LogP contribution in [0.1, 0.15) is 32.1 Å². The summed E-state index contributed by atoms with van der Waals surface area (Å²) in [7, 11) is 0.619. The predicted molar refractivity (Wildman–Crippen MR) is 76.0 cm³/mol. The molecule has 0 aromatic rings. The summed E-state index contributed by atoms with van der Waals surface area (Å²) in [4.78, 5) is 11.6. The Labute approximate surface area is 119 Å². The number of fused-ring (bicyclic) bond motifs is 1. The molecular weight excluding hydrogens is 259 g/mol. The van der Waals surface area contributed by atoms with Gasteiger partial charge in [0, 0.05) is 6.04 Å². The topological polar surface area (TPSA) is 116 Å². The quantitative estimate of drug-likeness (QED) is 0.426. The Morgan fingerprint density at radius 3 is 2.70 bits per heavy atom. The van der Waals surface area contributed by atoms with Crippen LogP contribution < -0.4 is 11.1 Å². The third kappa shape index (κ3) is 2.86. The molecule has 7 heteroatoms. The number of carboxylic acid groups (broad SMARTS) is 1. The molecule has 0 aromatic carbocycles. The molecule has 2 aliphatic carbocycles. The summed E-state index contributed by atoms with van der Waals surface area (Å²) in [6, 6.07) is 0.453. The van der Waals surface area contributed by atoms with Crippen molar-refractivity contribution in [3.05, 3.63) is 0 Å². The van der Waals surface area contributed by atoms with Gasteiger partial charge < -0.3 is 26.2 Å². The number of carbonyl (C=O) groups is 1. The largest absolute Gasteiger partial charge is 0.480 e. The van der Waals surface area contributed by atoms with Crippen LogP contribution in [-0.4, -0.2) is 46.9 Å². The van der Waals surface area contributed by atoms with Crippen LogP contribution in [0.4, 0.5) is 0 Å². The summed E-state index contributed by atoms with van der Waals surface area (Å²) >= 11 is 0. The van der Waals surface area contributed by atoms with Crippen molar-refractivity contribution in [1.82, 2.24) is 5.32 Å². The second-order valence-corrected chi connectivity index (χ2v) is 6.45. The van der Waals surface area contributed by atoms with Crippen molar-refractivity contribution in [3.63, 3.8) is 0 Å². The SMILES string of the molecule is CNC1CC2CC(N)(C(=O)O)C(CCCB(O)O)[C@@H]2C1. The average molecular weight is 284 g/mol. The van der Waals surface area contributed by atoms with E-state index in [1.165, 1.54) is 0 Å². The lowest BCUT2D eigenvalue weighted by Gasteiger charge is -2.30. The fraction of sp³-hybridized carbons (Fsp3) is 0.923. The third-order valence-corrected chi connectivity index (χ3v) is 5.31. The molecule has 5 atom stereocenters. The third-order valence-electron chi connectivity index (χ3n) is 5.31. The second-order valence-electron chi connectivity index (χ2n) is 6.45. The molecule has 2 rings (SSSR count). The number of nitrogens with two attached hydrogens (primary N) is 1. The van der Waals surface area contributed by atoms with Gasteiger partial charge >= 0.3 is 13.1 Å². The summed E-state index contributed by atoms with van der Waals surface area (Å²) in [5, 5.41) is 30.6. The molecule has 2 fully saturated rings.